The minimum Gasteiger partial charge on any atom is -0.463 e. The minimum absolute atomic E-state index is 0.186. The predicted octanol–water partition coefficient (Wildman–Crippen LogP) is 2.76. The highest BCUT2D eigenvalue weighted by Crippen LogP contribution is 2.23. The van der Waals surface area contributed by atoms with Crippen LogP contribution in [0.2, 0.25) is 0 Å². The van der Waals surface area contributed by atoms with Gasteiger partial charge in [-0.25, -0.2) is 9.18 Å². The molecule has 0 bridgehead atoms. The van der Waals surface area contributed by atoms with Crippen LogP contribution in [-0.2, 0) is 9.53 Å². The smallest absolute Gasteiger partial charge is 0.336 e. The van der Waals surface area contributed by atoms with Crippen LogP contribution in [-0.4, -0.2) is 17.7 Å². The van der Waals surface area contributed by atoms with Crippen molar-refractivity contribution in [2.75, 3.05) is 6.61 Å². The van der Waals surface area contributed by atoms with E-state index in [1.54, 1.807) is 13.0 Å². The summed E-state index contributed by atoms with van der Waals surface area (Å²) in [5, 5.41) is 10.1. The van der Waals surface area contributed by atoms with Crippen LogP contribution in [0, 0.1) is 5.82 Å². The Morgan fingerprint density at radius 3 is 2.50 bits per heavy atom. The first kappa shape index (κ1) is 14.4. The monoisotopic (exact) mass is 252 g/mol. The molecule has 1 N–H and O–H groups in total. The van der Waals surface area contributed by atoms with Gasteiger partial charge in [0.15, 0.2) is 0 Å². The Morgan fingerprint density at radius 1 is 1.39 bits per heavy atom. The van der Waals surface area contributed by atoms with E-state index in [2.05, 4.69) is 0 Å². The number of aliphatic hydroxyl groups excluding tert-OH is 1. The summed E-state index contributed by atoms with van der Waals surface area (Å²) in [5.41, 5.74) is 0.648. The van der Waals surface area contributed by atoms with Gasteiger partial charge in [0.2, 0.25) is 0 Å². The molecule has 0 radical (unpaired) electrons. The number of carbonyl (C=O) groups is 1. The van der Waals surface area contributed by atoms with Gasteiger partial charge in [-0.1, -0.05) is 25.1 Å². The van der Waals surface area contributed by atoms with Crippen molar-refractivity contribution in [3.05, 3.63) is 47.3 Å². The predicted molar refractivity (Wildman–Crippen MR) is 66.4 cm³/mol. The molecule has 1 atom stereocenters. The number of halogens is 1. The minimum atomic E-state index is -1.09. The molecule has 0 aliphatic carbocycles. The molecule has 1 aromatic rings. The van der Waals surface area contributed by atoms with Crippen LogP contribution in [0.15, 0.2) is 35.9 Å². The second kappa shape index (κ2) is 6.91. The molecule has 3 nitrogen and oxygen atoms in total. The molecule has 0 heterocycles. The molecule has 1 rings (SSSR count). The second-order valence-corrected chi connectivity index (χ2v) is 3.74. The maximum Gasteiger partial charge on any atom is 0.336 e. The number of hydrogen-bond donors (Lipinski definition) is 1. The maximum atomic E-state index is 12.8. The molecule has 0 spiro atoms. The summed E-state index contributed by atoms with van der Waals surface area (Å²) in [6.45, 7) is 3.80. The zero-order valence-electron chi connectivity index (χ0n) is 10.5. The van der Waals surface area contributed by atoms with Gasteiger partial charge in [0.1, 0.15) is 11.9 Å². The molecule has 1 aromatic carbocycles. The van der Waals surface area contributed by atoms with Gasteiger partial charge in [0.25, 0.3) is 0 Å². The van der Waals surface area contributed by atoms with Gasteiger partial charge in [0.05, 0.1) is 12.2 Å². The molecule has 0 aliphatic rings. The number of allylic oxidation sites excluding steroid dienone is 1. The molecule has 98 valence electrons. The number of esters is 1. The van der Waals surface area contributed by atoms with Gasteiger partial charge in [0, 0.05) is 0 Å². The Kier molecular flexibility index (Phi) is 5.52. The average molecular weight is 252 g/mol. The second-order valence-electron chi connectivity index (χ2n) is 3.74. The lowest BCUT2D eigenvalue weighted by atomic mass is 10.0. The fourth-order valence-corrected chi connectivity index (χ4v) is 1.57. The summed E-state index contributed by atoms with van der Waals surface area (Å²) in [4.78, 5) is 11.7. The maximum absolute atomic E-state index is 12.8. The van der Waals surface area contributed by atoms with Gasteiger partial charge in [-0.3, -0.25) is 0 Å². The van der Waals surface area contributed by atoms with Crippen molar-refractivity contribution in [1.29, 1.82) is 0 Å². The largest absolute Gasteiger partial charge is 0.463 e. The van der Waals surface area contributed by atoms with Crippen LogP contribution in [0.1, 0.15) is 31.9 Å². The Hall–Kier alpha value is -1.68. The fourth-order valence-electron chi connectivity index (χ4n) is 1.57. The van der Waals surface area contributed by atoms with E-state index in [0.717, 1.165) is 0 Å². The quantitative estimate of drug-likeness (QED) is 0.647. The molecular weight excluding hydrogens is 235 g/mol. The lowest BCUT2D eigenvalue weighted by molar-refractivity contribution is -0.139. The third-order valence-corrected chi connectivity index (χ3v) is 2.42. The normalized spacial score (nSPS) is 13.2. The lowest BCUT2D eigenvalue weighted by Gasteiger charge is -2.14. The highest BCUT2D eigenvalue weighted by atomic mass is 19.1. The number of ether oxygens (including phenoxy) is 1. The van der Waals surface area contributed by atoms with Gasteiger partial charge >= 0.3 is 5.97 Å². The van der Waals surface area contributed by atoms with Crippen molar-refractivity contribution in [3.8, 4) is 0 Å². The third kappa shape index (κ3) is 3.67. The van der Waals surface area contributed by atoms with E-state index < -0.39 is 12.1 Å². The number of carbonyl (C=O) groups excluding carboxylic acids is 1. The van der Waals surface area contributed by atoms with Crippen molar-refractivity contribution in [3.63, 3.8) is 0 Å². The van der Waals surface area contributed by atoms with E-state index in [1.807, 2.05) is 6.92 Å². The number of hydrogen-bond acceptors (Lipinski definition) is 3. The molecule has 0 fully saturated rings. The highest BCUT2D eigenvalue weighted by molar-refractivity contribution is 5.89. The fraction of sp³-hybridized carbons (Fsp3) is 0.357. The molecule has 0 aromatic heterocycles. The first-order valence-electron chi connectivity index (χ1n) is 5.90. The summed E-state index contributed by atoms with van der Waals surface area (Å²) in [7, 11) is 0. The average Bonchev–Trinajstić information content (AvgIpc) is 2.36. The Labute approximate surface area is 106 Å². The molecule has 0 saturated carbocycles. The van der Waals surface area contributed by atoms with Crippen molar-refractivity contribution in [2.24, 2.45) is 0 Å². The summed E-state index contributed by atoms with van der Waals surface area (Å²) >= 11 is 0. The van der Waals surface area contributed by atoms with Crippen LogP contribution in [0.5, 0.6) is 0 Å². The van der Waals surface area contributed by atoms with Crippen molar-refractivity contribution < 1.29 is 19.0 Å². The number of benzene rings is 1. The zero-order valence-corrected chi connectivity index (χ0v) is 10.5. The third-order valence-electron chi connectivity index (χ3n) is 2.42. The van der Waals surface area contributed by atoms with E-state index >= 15 is 0 Å². The van der Waals surface area contributed by atoms with Crippen LogP contribution < -0.4 is 0 Å². The van der Waals surface area contributed by atoms with Crippen molar-refractivity contribution in [2.45, 2.75) is 26.4 Å². The van der Waals surface area contributed by atoms with E-state index in [-0.39, 0.29) is 18.0 Å². The Morgan fingerprint density at radius 2 is 2.00 bits per heavy atom. The van der Waals surface area contributed by atoms with Crippen LogP contribution >= 0.6 is 0 Å². The SMILES string of the molecule is CC/C=C(\C(=O)OCC)[C@H](O)c1ccc(F)cc1. The first-order valence-corrected chi connectivity index (χ1v) is 5.90. The van der Waals surface area contributed by atoms with E-state index in [4.69, 9.17) is 4.74 Å². The molecule has 0 saturated heterocycles. The molecule has 0 amide bonds. The standard InChI is InChI=1S/C14H17FO3/c1-3-5-12(14(17)18-4-2)13(16)10-6-8-11(15)9-7-10/h5-9,13,16H,3-4H2,1-2H3/b12-5-/t13-/m1/s1. The topological polar surface area (TPSA) is 46.5 Å². The zero-order chi connectivity index (χ0) is 13.5. The number of rotatable bonds is 5. The summed E-state index contributed by atoms with van der Waals surface area (Å²) < 4.78 is 17.7. The van der Waals surface area contributed by atoms with Crippen molar-refractivity contribution >= 4 is 5.97 Å². The van der Waals surface area contributed by atoms with E-state index in [0.29, 0.717) is 12.0 Å². The summed E-state index contributed by atoms with van der Waals surface area (Å²) in [5.74, 6) is -0.931. The molecule has 18 heavy (non-hydrogen) atoms. The van der Waals surface area contributed by atoms with Crippen molar-refractivity contribution in [1.82, 2.24) is 0 Å². The Bertz CT molecular complexity index is 423. The first-order chi connectivity index (χ1) is 8.60. The van der Waals surface area contributed by atoms with E-state index in [9.17, 15) is 14.3 Å². The van der Waals surface area contributed by atoms with Crippen LogP contribution in [0.25, 0.3) is 0 Å². The Balaban J connectivity index is 2.96. The van der Waals surface area contributed by atoms with Crippen LogP contribution in [0.4, 0.5) is 4.39 Å². The molecule has 0 unspecified atom stereocenters. The van der Waals surface area contributed by atoms with Gasteiger partial charge in [-0.15, -0.1) is 0 Å². The summed E-state index contributed by atoms with van der Waals surface area (Å²) in [6.07, 6.45) is 1.13. The highest BCUT2D eigenvalue weighted by Gasteiger charge is 2.21. The molecule has 0 aliphatic heterocycles. The lowest BCUT2D eigenvalue weighted by Crippen LogP contribution is -2.14. The summed E-state index contributed by atoms with van der Waals surface area (Å²) in [6, 6.07) is 5.38. The van der Waals surface area contributed by atoms with Crippen LogP contribution in [0.3, 0.4) is 0 Å². The molecule has 4 heteroatoms. The number of aliphatic hydroxyl groups is 1. The van der Waals surface area contributed by atoms with Gasteiger partial charge < -0.3 is 9.84 Å². The van der Waals surface area contributed by atoms with Gasteiger partial charge in [-0.2, -0.15) is 0 Å². The molecular formula is C14H17FO3. The van der Waals surface area contributed by atoms with Gasteiger partial charge in [-0.05, 0) is 31.0 Å². The van der Waals surface area contributed by atoms with E-state index in [1.165, 1.54) is 24.3 Å².